The number of aromatic nitrogens is 2. The fourth-order valence-electron chi connectivity index (χ4n) is 2.15. The number of hydrogen-bond acceptors (Lipinski definition) is 3. The predicted molar refractivity (Wildman–Crippen MR) is 82.9 cm³/mol. The molecule has 2 aromatic rings. The molecule has 4 heteroatoms. The molecule has 0 amide bonds. The Morgan fingerprint density at radius 2 is 1.95 bits per heavy atom. The minimum atomic E-state index is -0.123. The zero-order valence-electron chi connectivity index (χ0n) is 12.9. The monoisotopic (exact) mass is 286 g/mol. The van der Waals surface area contributed by atoms with Crippen LogP contribution in [0.1, 0.15) is 43.2 Å². The maximum absolute atomic E-state index is 11.1. The summed E-state index contributed by atoms with van der Waals surface area (Å²) in [6, 6.07) is 9.75. The van der Waals surface area contributed by atoms with E-state index in [1.807, 2.05) is 41.2 Å². The molecule has 0 atom stereocenters. The number of nitrogens with zero attached hydrogens (tertiary/aromatic N) is 2. The van der Waals surface area contributed by atoms with Gasteiger partial charge >= 0.3 is 0 Å². The van der Waals surface area contributed by atoms with E-state index in [0.29, 0.717) is 12.2 Å². The van der Waals surface area contributed by atoms with Crippen molar-refractivity contribution in [2.24, 2.45) is 0 Å². The van der Waals surface area contributed by atoms with Crippen molar-refractivity contribution in [1.82, 2.24) is 9.78 Å². The Hall–Kier alpha value is -2.10. The summed E-state index contributed by atoms with van der Waals surface area (Å²) in [5.74, 6) is 0.877. The summed E-state index contributed by atoms with van der Waals surface area (Å²) in [7, 11) is 0. The van der Waals surface area contributed by atoms with Gasteiger partial charge in [0.05, 0.1) is 17.9 Å². The van der Waals surface area contributed by atoms with Crippen molar-refractivity contribution in [2.75, 3.05) is 6.61 Å². The van der Waals surface area contributed by atoms with Gasteiger partial charge in [0.1, 0.15) is 5.75 Å². The van der Waals surface area contributed by atoms with E-state index in [4.69, 9.17) is 4.74 Å². The van der Waals surface area contributed by atoms with E-state index in [1.54, 1.807) is 0 Å². The van der Waals surface area contributed by atoms with Gasteiger partial charge in [-0.15, -0.1) is 0 Å². The first-order chi connectivity index (χ1) is 10.0. The molecule has 0 N–H and O–H groups in total. The van der Waals surface area contributed by atoms with Gasteiger partial charge in [0.25, 0.3) is 0 Å². The normalized spacial score (nSPS) is 11.4. The number of rotatable bonds is 6. The Balaban J connectivity index is 1.89. The van der Waals surface area contributed by atoms with Gasteiger partial charge in [-0.2, -0.15) is 5.10 Å². The minimum absolute atomic E-state index is 0.123. The number of aldehydes is 1. The Morgan fingerprint density at radius 1 is 1.24 bits per heavy atom. The van der Waals surface area contributed by atoms with Gasteiger partial charge in [0.15, 0.2) is 6.29 Å². The molecule has 0 spiro atoms. The second-order valence-corrected chi connectivity index (χ2v) is 6.08. The molecule has 1 aromatic heterocycles. The summed E-state index contributed by atoms with van der Waals surface area (Å²) in [5.41, 5.74) is 1.40. The van der Waals surface area contributed by atoms with E-state index in [9.17, 15) is 4.79 Å². The van der Waals surface area contributed by atoms with Crippen LogP contribution >= 0.6 is 0 Å². The standard InChI is InChI=1S/C17H22N2O2/c1-17(2,3)16-14(13-20)12-19(18-16)10-7-11-21-15-8-5-4-6-9-15/h4-6,8-9,12-13H,7,10-11H2,1-3H3. The third-order valence-electron chi connectivity index (χ3n) is 3.17. The van der Waals surface area contributed by atoms with Crippen molar-refractivity contribution in [3.8, 4) is 5.75 Å². The first-order valence-corrected chi connectivity index (χ1v) is 7.21. The van der Waals surface area contributed by atoms with Crippen LogP contribution in [-0.2, 0) is 12.0 Å². The van der Waals surface area contributed by atoms with E-state index in [2.05, 4.69) is 25.9 Å². The Labute approximate surface area is 125 Å². The van der Waals surface area contributed by atoms with E-state index < -0.39 is 0 Å². The molecule has 1 aromatic carbocycles. The highest BCUT2D eigenvalue weighted by Crippen LogP contribution is 2.23. The van der Waals surface area contributed by atoms with Gasteiger partial charge < -0.3 is 4.74 Å². The zero-order chi connectivity index (χ0) is 15.3. The third kappa shape index (κ3) is 4.18. The van der Waals surface area contributed by atoms with Crippen LogP contribution in [0.25, 0.3) is 0 Å². The Morgan fingerprint density at radius 3 is 2.52 bits per heavy atom. The van der Waals surface area contributed by atoms with Crippen LogP contribution in [0, 0.1) is 0 Å². The molecule has 112 valence electrons. The number of aryl methyl sites for hydroxylation is 1. The minimum Gasteiger partial charge on any atom is -0.494 e. The van der Waals surface area contributed by atoms with Gasteiger partial charge in [0.2, 0.25) is 0 Å². The van der Waals surface area contributed by atoms with Gasteiger partial charge in [-0.3, -0.25) is 9.48 Å². The van der Waals surface area contributed by atoms with Crippen LogP contribution in [0.3, 0.4) is 0 Å². The fraction of sp³-hybridized carbons (Fsp3) is 0.412. The fourth-order valence-corrected chi connectivity index (χ4v) is 2.15. The van der Waals surface area contributed by atoms with E-state index in [1.165, 1.54) is 0 Å². The molecule has 0 saturated heterocycles. The molecule has 0 saturated carbocycles. The van der Waals surface area contributed by atoms with Crippen molar-refractivity contribution in [3.05, 3.63) is 47.8 Å². The highest BCUT2D eigenvalue weighted by Gasteiger charge is 2.21. The number of hydrogen-bond donors (Lipinski definition) is 0. The Kier molecular flexibility index (Phi) is 4.78. The van der Waals surface area contributed by atoms with Crippen molar-refractivity contribution in [3.63, 3.8) is 0 Å². The van der Waals surface area contributed by atoms with Crippen molar-refractivity contribution in [1.29, 1.82) is 0 Å². The molecule has 0 fully saturated rings. The SMILES string of the molecule is CC(C)(C)c1nn(CCCOc2ccccc2)cc1C=O. The second-order valence-electron chi connectivity index (χ2n) is 6.08. The van der Waals surface area contributed by atoms with Gasteiger partial charge in [0, 0.05) is 24.6 Å². The van der Waals surface area contributed by atoms with E-state index in [0.717, 1.165) is 30.7 Å². The highest BCUT2D eigenvalue weighted by molar-refractivity contribution is 5.76. The lowest BCUT2D eigenvalue weighted by atomic mass is 9.90. The maximum Gasteiger partial charge on any atom is 0.153 e. The number of ether oxygens (including phenoxy) is 1. The van der Waals surface area contributed by atoms with Crippen LogP contribution in [0.4, 0.5) is 0 Å². The summed E-state index contributed by atoms with van der Waals surface area (Å²) in [5, 5.41) is 4.53. The largest absolute Gasteiger partial charge is 0.494 e. The molecular weight excluding hydrogens is 264 g/mol. The molecular formula is C17H22N2O2. The molecule has 0 aliphatic carbocycles. The summed E-state index contributed by atoms with van der Waals surface area (Å²) in [4.78, 5) is 11.1. The molecule has 0 radical (unpaired) electrons. The summed E-state index contributed by atoms with van der Waals surface area (Å²) < 4.78 is 7.48. The molecule has 1 heterocycles. The first-order valence-electron chi connectivity index (χ1n) is 7.21. The molecule has 4 nitrogen and oxygen atoms in total. The maximum atomic E-state index is 11.1. The number of benzene rings is 1. The third-order valence-corrected chi connectivity index (χ3v) is 3.17. The quantitative estimate of drug-likeness (QED) is 0.603. The summed E-state index contributed by atoms with van der Waals surface area (Å²) >= 11 is 0. The number of carbonyl (C=O) groups excluding carboxylic acids is 1. The van der Waals surface area contributed by atoms with E-state index >= 15 is 0 Å². The Bertz CT molecular complexity index is 583. The van der Waals surface area contributed by atoms with Crippen LogP contribution in [0.15, 0.2) is 36.5 Å². The van der Waals surface area contributed by atoms with Gasteiger partial charge in [-0.25, -0.2) is 0 Å². The van der Waals surface area contributed by atoms with Gasteiger partial charge in [-0.05, 0) is 12.1 Å². The average molecular weight is 286 g/mol. The van der Waals surface area contributed by atoms with Crippen molar-refractivity contribution in [2.45, 2.75) is 39.2 Å². The van der Waals surface area contributed by atoms with Gasteiger partial charge in [-0.1, -0.05) is 39.0 Å². The topological polar surface area (TPSA) is 44.1 Å². The molecule has 0 unspecified atom stereocenters. The molecule has 0 aliphatic rings. The van der Waals surface area contributed by atoms with Crippen LogP contribution in [-0.4, -0.2) is 22.7 Å². The summed E-state index contributed by atoms with van der Waals surface area (Å²) in [6.07, 6.45) is 3.54. The van der Waals surface area contributed by atoms with Crippen LogP contribution in [0.2, 0.25) is 0 Å². The zero-order valence-corrected chi connectivity index (χ0v) is 12.9. The first kappa shape index (κ1) is 15.3. The molecule has 0 bridgehead atoms. The lowest BCUT2D eigenvalue weighted by Gasteiger charge is -2.15. The lowest BCUT2D eigenvalue weighted by Crippen LogP contribution is -2.15. The van der Waals surface area contributed by atoms with Crippen molar-refractivity contribution < 1.29 is 9.53 Å². The van der Waals surface area contributed by atoms with Crippen LogP contribution < -0.4 is 4.74 Å². The molecule has 21 heavy (non-hydrogen) atoms. The molecule has 2 rings (SSSR count). The van der Waals surface area contributed by atoms with E-state index in [-0.39, 0.29) is 5.41 Å². The number of carbonyl (C=O) groups is 1. The second kappa shape index (κ2) is 6.57. The number of para-hydroxylation sites is 1. The molecule has 0 aliphatic heterocycles. The van der Waals surface area contributed by atoms with Crippen LogP contribution in [0.5, 0.6) is 5.75 Å². The smallest absolute Gasteiger partial charge is 0.153 e. The summed E-state index contributed by atoms with van der Waals surface area (Å²) in [6.45, 7) is 7.55. The van der Waals surface area contributed by atoms with Crippen molar-refractivity contribution >= 4 is 6.29 Å². The predicted octanol–water partition coefficient (Wildman–Crippen LogP) is 3.46. The lowest BCUT2D eigenvalue weighted by molar-refractivity contribution is 0.112. The highest BCUT2D eigenvalue weighted by atomic mass is 16.5. The average Bonchev–Trinajstić information content (AvgIpc) is 2.88.